The molecule has 56 heavy (non-hydrogen) atoms. The lowest BCUT2D eigenvalue weighted by Crippen LogP contribution is -2.78. The van der Waals surface area contributed by atoms with Gasteiger partial charge >= 0.3 is 29.8 Å². The fraction of sp³-hybridized carbons (Fsp3) is 0.500. The van der Waals surface area contributed by atoms with Crippen LogP contribution in [0, 0.1) is 17.8 Å². The molecule has 2 aliphatic rings. The SMILES string of the molecule is C=C(CC[C@]12O[C@H](C(=O)OCc3ccccc3)[C@@](O)(C(=O)O)[C@](C(=O)O)(O1)[C@H](OC(=O)/C=C/[C@@H](C)C[C@@H](C)CC)[C@H]2O)C(OC(C)=O)[C@H](C)Cc1ccccc1. The van der Waals surface area contributed by atoms with Gasteiger partial charge in [-0.3, -0.25) is 4.79 Å². The number of carbonyl (C=O) groups is 5. The van der Waals surface area contributed by atoms with E-state index >= 15 is 0 Å². The summed E-state index contributed by atoms with van der Waals surface area (Å²) in [5.41, 5.74) is -5.66. The fourth-order valence-corrected chi connectivity index (χ4v) is 7.38. The van der Waals surface area contributed by atoms with E-state index in [0.717, 1.165) is 18.1 Å². The van der Waals surface area contributed by atoms with Gasteiger partial charge in [0.15, 0.2) is 6.10 Å². The van der Waals surface area contributed by atoms with E-state index in [0.29, 0.717) is 24.3 Å². The number of allylic oxidation sites excluding steroid dienone is 1. The van der Waals surface area contributed by atoms with Crippen molar-refractivity contribution in [2.24, 2.45) is 17.8 Å². The van der Waals surface area contributed by atoms with Crippen LogP contribution in [0.3, 0.4) is 0 Å². The van der Waals surface area contributed by atoms with Crippen molar-refractivity contribution in [1.29, 1.82) is 0 Å². The molecule has 0 aromatic heterocycles. The Morgan fingerprint density at radius 2 is 1.55 bits per heavy atom. The van der Waals surface area contributed by atoms with E-state index in [1.807, 2.05) is 58.0 Å². The van der Waals surface area contributed by atoms with E-state index in [1.165, 1.54) is 13.0 Å². The molecule has 0 radical (unpaired) electrons. The van der Waals surface area contributed by atoms with Crippen LogP contribution in [0.25, 0.3) is 0 Å². The van der Waals surface area contributed by atoms with E-state index in [1.54, 1.807) is 30.3 Å². The number of aliphatic hydroxyl groups is 2. The monoisotopic (exact) mass is 780 g/mol. The van der Waals surface area contributed by atoms with E-state index in [2.05, 4.69) is 6.58 Å². The number of rotatable bonds is 19. The standard InChI is InChI=1S/C42H52O14/c1-7-25(2)22-26(3)18-19-32(44)54-35-34(45)40(21-20-27(4)33(53-29(6)43)28(5)23-30-14-10-8-11-15-30)55-36(37(46)52-24-31-16-12-9-13-17-31)41(51,38(47)48)42(35,56-40)39(49)50/h8-19,25-26,28,33-36,45,51H,4,7,20-24H2,1-3,5-6H3,(H,47,48)(H,49,50)/b19-18+/t25-,26+,28+,33?,34+,35+,36+,40-,41+,42-/m0/s1. The highest BCUT2D eigenvalue weighted by Gasteiger charge is 2.86. The molecule has 2 saturated heterocycles. The Balaban J connectivity index is 1.75. The summed E-state index contributed by atoms with van der Waals surface area (Å²) in [5.74, 6) is -10.5. The van der Waals surface area contributed by atoms with Gasteiger partial charge in [-0.1, -0.05) is 107 Å². The molecule has 0 spiro atoms. The van der Waals surface area contributed by atoms with Gasteiger partial charge in [-0.05, 0) is 47.8 Å². The summed E-state index contributed by atoms with van der Waals surface area (Å²) in [4.78, 5) is 65.8. The van der Waals surface area contributed by atoms with Crippen molar-refractivity contribution < 1.29 is 68.1 Å². The maximum atomic E-state index is 13.8. The van der Waals surface area contributed by atoms with Gasteiger partial charge in [0, 0.05) is 25.3 Å². The van der Waals surface area contributed by atoms with Crippen molar-refractivity contribution in [3.63, 3.8) is 0 Å². The first-order valence-electron chi connectivity index (χ1n) is 18.6. The number of hydrogen-bond donors (Lipinski definition) is 4. The first kappa shape index (κ1) is 43.8. The Kier molecular flexibility index (Phi) is 14.4. The number of ether oxygens (including phenoxy) is 5. The number of carbonyl (C=O) groups excluding carboxylic acids is 3. The zero-order valence-electron chi connectivity index (χ0n) is 32.3. The molecule has 304 valence electrons. The summed E-state index contributed by atoms with van der Waals surface area (Å²) in [5, 5.41) is 45.2. The summed E-state index contributed by atoms with van der Waals surface area (Å²) in [7, 11) is 0. The van der Waals surface area contributed by atoms with Crippen molar-refractivity contribution in [1.82, 2.24) is 0 Å². The molecule has 2 aromatic rings. The van der Waals surface area contributed by atoms with Gasteiger partial charge in [0.2, 0.25) is 23.1 Å². The van der Waals surface area contributed by atoms with Crippen molar-refractivity contribution in [3.05, 3.63) is 96.1 Å². The normalized spacial score (nSPS) is 27.7. The second-order valence-electron chi connectivity index (χ2n) is 14.9. The molecule has 0 aliphatic carbocycles. The number of fused-ring (bicyclic) bond motifs is 2. The van der Waals surface area contributed by atoms with E-state index in [4.69, 9.17) is 23.7 Å². The number of carboxylic acids is 2. The molecular formula is C42H52O14. The fourth-order valence-electron chi connectivity index (χ4n) is 7.38. The van der Waals surface area contributed by atoms with E-state index in [-0.39, 0.29) is 23.8 Å². The highest BCUT2D eigenvalue weighted by Crippen LogP contribution is 2.56. The van der Waals surface area contributed by atoms with Gasteiger partial charge in [-0.2, -0.15) is 0 Å². The summed E-state index contributed by atoms with van der Waals surface area (Å²) < 4.78 is 28.3. The quantitative estimate of drug-likeness (QED) is 0.0667. The largest absolute Gasteiger partial charge is 0.479 e. The predicted molar refractivity (Wildman–Crippen MR) is 199 cm³/mol. The average Bonchev–Trinajstić information content (AvgIpc) is 3.38. The smallest absolute Gasteiger partial charge is 0.344 e. The van der Waals surface area contributed by atoms with Crippen LogP contribution in [0.2, 0.25) is 0 Å². The van der Waals surface area contributed by atoms with E-state index < -0.39 is 84.3 Å². The lowest BCUT2D eigenvalue weighted by atomic mass is 9.74. The number of benzene rings is 2. The Morgan fingerprint density at radius 3 is 2.11 bits per heavy atom. The Bertz CT molecular complexity index is 1760. The minimum Gasteiger partial charge on any atom is -0.479 e. The number of aliphatic carboxylic acids is 2. The average molecular weight is 781 g/mol. The number of esters is 3. The Labute approximate surface area is 326 Å². The molecule has 0 amide bonds. The molecular weight excluding hydrogens is 728 g/mol. The van der Waals surface area contributed by atoms with Crippen molar-refractivity contribution in [2.45, 2.75) is 115 Å². The lowest BCUT2D eigenvalue weighted by Gasteiger charge is -2.49. The topological polar surface area (TPSA) is 212 Å². The molecule has 14 nitrogen and oxygen atoms in total. The van der Waals surface area contributed by atoms with Gasteiger partial charge in [-0.25, -0.2) is 19.2 Å². The second kappa shape index (κ2) is 18.4. The van der Waals surface area contributed by atoms with Crippen LogP contribution in [-0.2, 0) is 60.7 Å². The first-order chi connectivity index (χ1) is 26.4. The van der Waals surface area contributed by atoms with Crippen LogP contribution in [0.15, 0.2) is 85.0 Å². The summed E-state index contributed by atoms with van der Waals surface area (Å²) in [6, 6.07) is 17.6. The highest BCUT2D eigenvalue weighted by atomic mass is 16.8. The van der Waals surface area contributed by atoms with Crippen molar-refractivity contribution >= 4 is 29.8 Å². The molecule has 2 aliphatic heterocycles. The van der Waals surface area contributed by atoms with E-state index in [9.17, 15) is 44.4 Å². The first-order valence-corrected chi connectivity index (χ1v) is 18.6. The van der Waals surface area contributed by atoms with Crippen molar-refractivity contribution in [3.8, 4) is 0 Å². The van der Waals surface area contributed by atoms with Gasteiger partial charge in [0.1, 0.15) is 18.8 Å². The second-order valence-corrected chi connectivity index (χ2v) is 14.9. The van der Waals surface area contributed by atoms with Crippen LogP contribution in [0.1, 0.15) is 71.4 Å². The Hall–Kier alpha value is -4.89. The molecule has 4 N–H and O–H groups in total. The molecule has 2 bridgehead atoms. The third-order valence-electron chi connectivity index (χ3n) is 10.5. The molecule has 2 aromatic carbocycles. The number of carboxylic acid groups (broad SMARTS) is 2. The zero-order valence-corrected chi connectivity index (χ0v) is 32.3. The van der Waals surface area contributed by atoms with Crippen LogP contribution in [-0.4, -0.2) is 91.7 Å². The third kappa shape index (κ3) is 9.21. The molecule has 10 atom stereocenters. The van der Waals surface area contributed by atoms with Crippen LogP contribution in [0.5, 0.6) is 0 Å². The maximum absolute atomic E-state index is 13.8. The molecule has 1 unspecified atom stereocenters. The molecule has 14 heteroatoms. The van der Waals surface area contributed by atoms with Gasteiger partial charge in [-0.15, -0.1) is 0 Å². The maximum Gasteiger partial charge on any atom is 0.344 e. The molecule has 2 heterocycles. The third-order valence-corrected chi connectivity index (χ3v) is 10.5. The predicted octanol–water partition coefficient (Wildman–Crippen LogP) is 4.54. The molecule has 4 rings (SSSR count). The summed E-state index contributed by atoms with van der Waals surface area (Å²) in [6.07, 6.45) is -4.44. The van der Waals surface area contributed by atoms with Gasteiger partial charge in [0.05, 0.1) is 0 Å². The zero-order chi connectivity index (χ0) is 41.4. The van der Waals surface area contributed by atoms with Gasteiger partial charge < -0.3 is 44.1 Å². The van der Waals surface area contributed by atoms with Crippen LogP contribution in [0.4, 0.5) is 0 Å². The summed E-state index contributed by atoms with van der Waals surface area (Å²) >= 11 is 0. The summed E-state index contributed by atoms with van der Waals surface area (Å²) in [6.45, 7) is 12.6. The van der Waals surface area contributed by atoms with Crippen LogP contribution < -0.4 is 0 Å². The van der Waals surface area contributed by atoms with Gasteiger partial charge in [0.25, 0.3) is 0 Å². The van der Waals surface area contributed by atoms with Crippen molar-refractivity contribution in [2.75, 3.05) is 0 Å². The minimum atomic E-state index is -3.83. The number of aliphatic hydroxyl groups excluding tert-OH is 1. The Morgan fingerprint density at radius 1 is 0.946 bits per heavy atom. The lowest BCUT2D eigenvalue weighted by molar-refractivity contribution is -0.374. The van der Waals surface area contributed by atoms with Crippen LogP contribution >= 0.6 is 0 Å². The number of hydrogen-bond acceptors (Lipinski definition) is 12. The highest BCUT2D eigenvalue weighted by molar-refractivity contribution is 5.98. The molecule has 0 saturated carbocycles. The minimum absolute atomic E-state index is 0.121. The molecule has 2 fully saturated rings.